The molecular formula is C14H23N5O2S. The van der Waals surface area contributed by atoms with Crippen LogP contribution in [0.1, 0.15) is 51.0 Å². The third kappa shape index (κ3) is 4.19. The molecule has 22 heavy (non-hydrogen) atoms. The summed E-state index contributed by atoms with van der Waals surface area (Å²) in [5.74, 6) is 0.360. The molecule has 8 heteroatoms. The number of amides is 1. The standard InChI is InChI=1S/C14H23N5O2S/c20-13(15-9-12-7-4-8-21-12)10-22-14-16-17-18-19(14)11-5-2-1-3-6-11/h11-12H,1-10H2,(H,15,20)/t12-/m1/s1. The molecule has 1 aromatic heterocycles. The van der Waals surface area contributed by atoms with Crippen molar-refractivity contribution in [2.24, 2.45) is 0 Å². The highest BCUT2D eigenvalue weighted by atomic mass is 32.2. The third-order valence-electron chi connectivity index (χ3n) is 4.27. The van der Waals surface area contributed by atoms with E-state index < -0.39 is 0 Å². The van der Waals surface area contributed by atoms with Crippen molar-refractivity contribution >= 4 is 17.7 Å². The van der Waals surface area contributed by atoms with E-state index >= 15 is 0 Å². The number of aromatic nitrogens is 4. The molecule has 1 aromatic rings. The molecule has 122 valence electrons. The van der Waals surface area contributed by atoms with Gasteiger partial charge < -0.3 is 10.1 Å². The van der Waals surface area contributed by atoms with Crippen LogP contribution in [0.5, 0.6) is 0 Å². The number of nitrogens with zero attached hydrogens (tertiary/aromatic N) is 4. The number of ether oxygens (including phenoxy) is 1. The Labute approximate surface area is 134 Å². The number of rotatable bonds is 6. The van der Waals surface area contributed by atoms with E-state index in [1.807, 2.05) is 4.68 Å². The molecule has 7 nitrogen and oxygen atoms in total. The van der Waals surface area contributed by atoms with Gasteiger partial charge in [0.2, 0.25) is 11.1 Å². The molecule has 3 rings (SSSR count). The van der Waals surface area contributed by atoms with E-state index in [2.05, 4.69) is 20.8 Å². The molecule has 2 heterocycles. The Hall–Kier alpha value is -1.15. The zero-order valence-corrected chi connectivity index (χ0v) is 13.6. The summed E-state index contributed by atoms with van der Waals surface area (Å²) in [6.07, 6.45) is 8.33. The fraction of sp³-hybridized carbons (Fsp3) is 0.857. The van der Waals surface area contributed by atoms with Crippen LogP contribution in [0.25, 0.3) is 0 Å². The summed E-state index contributed by atoms with van der Waals surface area (Å²) in [5, 5.41) is 15.6. The smallest absolute Gasteiger partial charge is 0.230 e. The van der Waals surface area contributed by atoms with Gasteiger partial charge in [-0.05, 0) is 36.1 Å². The van der Waals surface area contributed by atoms with Crippen molar-refractivity contribution in [3.8, 4) is 0 Å². The molecule has 0 aromatic carbocycles. The maximum Gasteiger partial charge on any atom is 0.230 e. The minimum atomic E-state index is 0.0127. The Morgan fingerprint density at radius 3 is 2.91 bits per heavy atom. The average molecular weight is 325 g/mol. The van der Waals surface area contributed by atoms with Gasteiger partial charge >= 0.3 is 0 Å². The van der Waals surface area contributed by atoms with E-state index in [0.717, 1.165) is 37.4 Å². The first kappa shape index (κ1) is 15.7. The molecule has 1 saturated carbocycles. The molecule has 0 spiro atoms. The zero-order valence-electron chi connectivity index (χ0n) is 12.7. The van der Waals surface area contributed by atoms with Crippen molar-refractivity contribution in [3.05, 3.63) is 0 Å². The van der Waals surface area contributed by atoms with Crippen LogP contribution in [0, 0.1) is 0 Å². The van der Waals surface area contributed by atoms with Gasteiger partial charge in [0, 0.05) is 13.2 Å². The fourth-order valence-corrected chi connectivity index (χ4v) is 3.82. The predicted molar refractivity (Wildman–Crippen MR) is 82.6 cm³/mol. The number of carbonyl (C=O) groups is 1. The van der Waals surface area contributed by atoms with Gasteiger partial charge in [0.05, 0.1) is 17.9 Å². The summed E-state index contributed by atoms with van der Waals surface area (Å²) in [7, 11) is 0. The largest absolute Gasteiger partial charge is 0.376 e. The molecule has 1 amide bonds. The normalized spacial score (nSPS) is 22.8. The third-order valence-corrected chi connectivity index (χ3v) is 5.20. The SMILES string of the molecule is O=C(CSc1nnnn1C1CCCCC1)NC[C@H]1CCCO1. The summed E-state index contributed by atoms with van der Waals surface area (Å²) in [4.78, 5) is 11.9. The molecular weight excluding hydrogens is 302 g/mol. The number of hydrogen-bond acceptors (Lipinski definition) is 6. The summed E-state index contributed by atoms with van der Waals surface area (Å²) in [6.45, 7) is 1.42. The van der Waals surface area contributed by atoms with E-state index in [-0.39, 0.29) is 12.0 Å². The van der Waals surface area contributed by atoms with Gasteiger partial charge in [-0.25, -0.2) is 4.68 Å². The Morgan fingerprint density at radius 2 is 2.14 bits per heavy atom. The second-order valence-corrected chi connectivity index (χ2v) is 6.87. The minimum absolute atomic E-state index is 0.0127. The molecule has 0 unspecified atom stereocenters. The molecule has 1 saturated heterocycles. The summed E-state index contributed by atoms with van der Waals surface area (Å²) < 4.78 is 7.39. The zero-order chi connectivity index (χ0) is 15.2. The van der Waals surface area contributed by atoms with Crippen molar-refractivity contribution in [1.29, 1.82) is 0 Å². The molecule has 0 bridgehead atoms. The molecule has 2 aliphatic rings. The fourth-order valence-electron chi connectivity index (χ4n) is 3.05. The van der Waals surface area contributed by atoms with Crippen molar-refractivity contribution in [2.45, 2.75) is 62.2 Å². The van der Waals surface area contributed by atoms with Crippen LogP contribution in [0.3, 0.4) is 0 Å². The second kappa shape index (κ2) is 7.92. The van der Waals surface area contributed by atoms with E-state index in [1.165, 1.54) is 31.0 Å². The number of nitrogens with one attached hydrogen (secondary N) is 1. The predicted octanol–water partition coefficient (Wildman–Crippen LogP) is 1.57. The van der Waals surface area contributed by atoms with Gasteiger partial charge in [0.15, 0.2) is 0 Å². The minimum Gasteiger partial charge on any atom is -0.376 e. The van der Waals surface area contributed by atoms with Crippen LogP contribution >= 0.6 is 11.8 Å². The number of carbonyl (C=O) groups excluding carboxylic acids is 1. The molecule has 1 N–H and O–H groups in total. The van der Waals surface area contributed by atoms with Crippen LogP contribution in [0.15, 0.2) is 5.16 Å². The van der Waals surface area contributed by atoms with Gasteiger partial charge in [0.1, 0.15) is 0 Å². The maximum atomic E-state index is 11.9. The lowest BCUT2D eigenvalue weighted by Gasteiger charge is -2.21. The van der Waals surface area contributed by atoms with Crippen LogP contribution in [-0.2, 0) is 9.53 Å². The highest BCUT2D eigenvalue weighted by molar-refractivity contribution is 7.99. The van der Waals surface area contributed by atoms with Gasteiger partial charge in [0.25, 0.3) is 0 Å². The summed E-state index contributed by atoms with van der Waals surface area (Å²) >= 11 is 1.41. The van der Waals surface area contributed by atoms with Crippen LogP contribution in [-0.4, -0.2) is 51.1 Å². The van der Waals surface area contributed by atoms with Crippen LogP contribution < -0.4 is 5.32 Å². The number of thioether (sulfide) groups is 1. The van der Waals surface area contributed by atoms with Crippen molar-refractivity contribution in [3.63, 3.8) is 0 Å². The number of tetrazole rings is 1. The molecule has 1 aliphatic carbocycles. The van der Waals surface area contributed by atoms with Gasteiger partial charge in [-0.15, -0.1) is 5.10 Å². The molecule has 1 aliphatic heterocycles. The van der Waals surface area contributed by atoms with Crippen molar-refractivity contribution in [2.75, 3.05) is 18.9 Å². The van der Waals surface area contributed by atoms with E-state index in [4.69, 9.17) is 4.74 Å². The quantitative estimate of drug-likeness (QED) is 0.800. The van der Waals surface area contributed by atoms with Gasteiger partial charge in [-0.2, -0.15) is 0 Å². The summed E-state index contributed by atoms with van der Waals surface area (Å²) in [5.41, 5.74) is 0. The Balaban J connectivity index is 1.44. The Morgan fingerprint density at radius 1 is 1.27 bits per heavy atom. The highest BCUT2D eigenvalue weighted by Gasteiger charge is 2.21. The van der Waals surface area contributed by atoms with E-state index in [9.17, 15) is 4.79 Å². The lowest BCUT2D eigenvalue weighted by Crippen LogP contribution is -2.33. The van der Waals surface area contributed by atoms with Gasteiger partial charge in [-0.3, -0.25) is 4.79 Å². The maximum absolute atomic E-state index is 11.9. The lowest BCUT2D eigenvalue weighted by atomic mass is 9.96. The Bertz CT molecular complexity index is 483. The average Bonchev–Trinajstić information content (AvgIpc) is 3.23. The highest BCUT2D eigenvalue weighted by Crippen LogP contribution is 2.30. The van der Waals surface area contributed by atoms with Crippen molar-refractivity contribution < 1.29 is 9.53 Å². The summed E-state index contributed by atoms with van der Waals surface area (Å²) in [6, 6.07) is 0.390. The topological polar surface area (TPSA) is 81.9 Å². The second-order valence-electron chi connectivity index (χ2n) is 5.93. The van der Waals surface area contributed by atoms with Gasteiger partial charge in [-0.1, -0.05) is 31.0 Å². The Kier molecular flexibility index (Phi) is 5.66. The first-order chi connectivity index (χ1) is 10.8. The molecule has 1 atom stereocenters. The number of hydrogen-bond donors (Lipinski definition) is 1. The first-order valence-electron chi connectivity index (χ1n) is 8.12. The van der Waals surface area contributed by atoms with E-state index in [0.29, 0.717) is 18.3 Å². The van der Waals surface area contributed by atoms with E-state index in [1.54, 1.807) is 0 Å². The lowest BCUT2D eigenvalue weighted by molar-refractivity contribution is -0.119. The monoisotopic (exact) mass is 325 g/mol. The van der Waals surface area contributed by atoms with Crippen molar-refractivity contribution in [1.82, 2.24) is 25.5 Å². The molecule has 2 fully saturated rings. The molecule has 0 radical (unpaired) electrons. The first-order valence-corrected chi connectivity index (χ1v) is 9.10. The van der Waals surface area contributed by atoms with Crippen LogP contribution in [0.2, 0.25) is 0 Å². The van der Waals surface area contributed by atoms with Crippen LogP contribution in [0.4, 0.5) is 0 Å².